The van der Waals surface area contributed by atoms with Gasteiger partial charge in [0, 0.05) is 29.9 Å². The number of H-pyrrole nitrogens is 1. The molecule has 0 saturated heterocycles. The van der Waals surface area contributed by atoms with Gasteiger partial charge in [0.15, 0.2) is 0 Å². The number of halogens is 1. The molecule has 0 radical (unpaired) electrons. The Kier molecular flexibility index (Phi) is 3.27. The monoisotopic (exact) mass is 300 g/mol. The van der Waals surface area contributed by atoms with Crippen molar-refractivity contribution in [2.45, 2.75) is 0 Å². The van der Waals surface area contributed by atoms with E-state index in [2.05, 4.69) is 10.1 Å². The van der Waals surface area contributed by atoms with Gasteiger partial charge in [-0.1, -0.05) is 23.7 Å². The summed E-state index contributed by atoms with van der Waals surface area (Å²) in [5.41, 5.74) is 9.24. The lowest BCUT2D eigenvalue weighted by atomic mass is 10.0. The second kappa shape index (κ2) is 5.10. The standard InChI is InChI=1S/C15H13ClN4O/c1-20-15(17)13(9-2-5-11(16)6-3-9)14(19-20)10-4-7-12(21)18-8-10/h2-8H,17H2,1H3,(H,18,21). The van der Waals surface area contributed by atoms with Crippen LogP contribution in [-0.2, 0) is 7.05 Å². The second-order valence-electron chi connectivity index (χ2n) is 4.68. The van der Waals surface area contributed by atoms with Crippen LogP contribution in [0.5, 0.6) is 0 Å². The van der Waals surface area contributed by atoms with Crippen LogP contribution in [0.1, 0.15) is 0 Å². The van der Waals surface area contributed by atoms with Crippen LogP contribution in [0.2, 0.25) is 5.02 Å². The number of nitrogens with one attached hydrogen (secondary N) is 1. The predicted molar refractivity (Wildman–Crippen MR) is 84.1 cm³/mol. The van der Waals surface area contributed by atoms with Gasteiger partial charge in [0.25, 0.3) is 0 Å². The molecule has 0 amide bonds. The molecule has 0 saturated carbocycles. The lowest BCUT2D eigenvalue weighted by Gasteiger charge is -2.04. The van der Waals surface area contributed by atoms with Crippen LogP contribution in [0.3, 0.4) is 0 Å². The number of nitrogen functional groups attached to an aromatic ring is 1. The lowest BCUT2D eigenvalue weighted by molar-refractivity contribution is 0.782. The Labute approximate surface area is 126 Å². The molecule has 6 heteroatoms. The maximum atomic E-state index is 11.2. The highest BCUT2D eigenvalue weighted by Crippen LogP contribution is 2.35. The molecule has 106 valence electrons. The van der Waals surface area contributed by atoms with E-state index >= 15 is 0 Å². The Bertz CT molecular complexity index is 829. The van der Waals surface area contributed by atoms with E-state index in [1.807, 2.05) is 12.1 Å². The number of nitrogens with two attached hydrogens (primary N) is 1. The third-order valence-corrected chi connectivity index (χ3v) is 3.53. The van der Waals surface area contributed by atoms with Crippen molar-refractivity contribution in [1.29, 1.82) is 0 Å². The van der Waals surface area contributed by atoms with Gasteiger partial charge in [-0.3, -0.25) is 9.48 Å². The largest absolute Gasteiger partial charge is 0.383 e. The van der Waals surface area contributed by atoms with Crippen LogP contribution in [0.4, 0.5) is 5.82 Å². The summed E-state index contributed by atoms with van der Waals surface area (Å²) in [5, 5.41) is 5.10. The van der Waals surface area contributed by atoms with Gasteiger partial charge >= 0.3 is 0 Å². The van der Waals surface area contributed by atoms with Crippen molar-refractivity contribution in [2.75, 3.05) is 5.73 Å². The summed E-state index contributed by atoms with van der Waals surface area (Å²) < 4.78 is 1.62. The molecule has 0 aliphatic carbocycles. The molecular formula is C15H13ClN4O. The number of benzene rings is 1. The molecule has 2 aromatic heterocycles. The van der Waals surface area contributed by atoms with Crippen molar-refractivity contribution >= 4 is 17.4 Å². The number of hydrogen-bond donors (Lipinski definition) is 2. The van der Waals surface area contributed by atoms with Gasteiger partial charge in [-0.2, -0.15) is 5.10 Å². The van der Waals surface area contributed by atoms with Crippen molar-refractivity contribution in [2.24, 2.45) is 7.05 Å². The summed E-state index contributed by atoms with van der Waals surface area (Å²) in [5.74, 6) is 0.554. The summed E-state index contributed by atoms with van der Waals surface area (Å²) in [4.78, 5) is 13.8. The van der Waals surface area contributed by atoms with Crippen LogP contribution in [0.15, 0.2) is 47.4 Å². The van der Waals surface area contributed by atoms with E-state index in [9.17, 15) is 4.79 Å². The predicted octanol–water partition coefficient (Wildman–Crippen LogP) is 2.68. The average Bonchev–Trinajstić information content (AvgIpc) is 2.77. The summed E-state index contributed by atoms with van der Waals surface area (Å²) >= 11 is 5.93. The van der Waals surface area contributed by atoms with E-state index in [-0.39, 0.29) is 5.56 Å². The molecule has 5 nitrogen and oxygen atoms in total. The first kappa shape index (κ1) is 13.5. The zero-order valence-corrected chi connectivity index (χ0v) is 12.1. The number of rotatable bonds is 2. The number of aryl methyl sites for hydroxylation is 1. The quantitative estimate of drug-likeness (QED) is 0.764. The first-order valence-corrected chi connectivity index (χ1v) is 6.71. The van der Waals surface area contributed by atoms with E-state index in [0.717, 1.165) is 16.7 Å². The number of hydrogen-bond acceptors (Lipinski definition) is 3. The fraction of sp³-hybridized carbons (Fsp3) is 0.0667. The Morgan fingerprint density at radius 2 is 1.81 bits per heavy atom. The lowest BCUT2D eigenvalue weighted by Crippen LogP contribution is -2.01. The van der Waals surface area contributed by atoms with Crippen molar-refractivity contribution in [1.82, 2.24) is 14.8 Å². The molecule has 0 spiro atoms. The van der Waals surface area contributed by atoms with Gasteiger partial charge in [0.05, 0.1) is 5.56 Å². The second-order valence-corrected chi connectivity index (χ2v) is 5.12. The van der Waals surface area contributed by atoms with E-state index in [4.69, 9.17) is 17.3 Å². The third kappa shape index (κ3) is 2.43. The molecule has 0 aliphatic rings. The normalized spacial score (nSPS) is 10.8. The number of aromatic nitrogens is 3. The Hall–Kier alpha value is -2.53. The molecule has 3 aromatic rings. The summed E-state index contributed by atoms with van der Waals surface area (Å²) in [6.45, 7) is 0. The average molecular weight is 301 g/mol. The van der Waals surface area contributed by atoms with Gasteiger partial charge in [0.1, 0.15) is 11.5 Å². The van der Waals surface area contributed by atoms with E-state index in [0.29, 0.717) is 16.5 Å². The van der Waals surface area contributed by atoms with Gasteiger partial charge in [-0.15, -0.1) is 0 Å². The van der Waals surface area contributed by atoms with Crippen LogP contribution < -0.4 is 11.3 Å². The first-order chi connectivity index (χ1) is 10.1. The molecule has 0 bridgehead atoms. The zero-order valence-electron chi connectivity index (χ0n) is 11.3. The van der Waals surface area contributed by atoms with Gasteiger partial charge in [-0.05, 0) is 23.8 Å². The van der Waals surface area contributed by atoms with Crippen molar-refractivity contribution < 1.29 is 0 Å². The zero-order chi connectivity index (χ0) is 15.0. The minimum Gasteiger partial charge on any atom is -0.383 e. The van der Waals surface area contributed by atoms with Crippen molar-refractivity contribution in [3.05, 3.63) is 58.0 Å². The first-order valence-electron chi connectivity index (χ1n) is 6.34. The molecule has 1 aromatic carbocycles. The highest BCUT2D eigenvalue weighted by molar-refractivity contribution is 6.30. The van der Waals surface area contributed by atoms with Crippen LogP contribution >= 0.6 is 11.6 Å². The Balaban J connectivity index is 2.22. The Morgan fingerprint density at radius 3 is 2.43 bits per heavy atom. The topological polar surface area (TPSA) is 76.7 Å². The van der Waals surface area contributed by atoms with E-state index in [1.54, 1.807) is 36.1 Å². The highest BCUT2D eigenvalue weighted by atomic mass is 35.5. The number of anilines is 1. The molecule has 3 rings (SSSR count). The fourth-order valence-corrected chi connectivity index (χ4v) is 2.32. The van der Waals surface area contributed by atoms with Crippen LogP contribution in [-0.4, -0.2) is 14.8 Å². The van der Waals surface area contributed by atoms with Crippen molar-refractivity contribution in [3.63, 3.8) is 0 Å². The molecular weight excluding hydrogens is 288 g/mol. The van der Waals surface area contributed by atoms with E-state index in [1.165, 1.54) is 6.07 Å². The SMILES string of the molecule is Cn1nc(-c2ccc(=O)[nH]c2)c(-c2ccc(Cl)cc2)c1N. The summed E-state index contributed by atoms with van der Waals surface area (Å²) in [7, 11) is 1.78. The summed E-state index contributed by atoms with van der Waals surface area (Å²) in [6, 6.07) is 10.6. The summed E-state index contributed by atoms with van der Waals surface area (Å²) in [6.07, 6.45) is 1.63. The van der Waals surface area contributed by atoms with Crippen LogP contribution in [0.25, 0.3) is 22.4 Å². The minimum absolute atomic E-state index is 0.157. The molecule has 2 heterocycles. The van der Waals surface area contributed by atoms with E-state index < -0.39 is 0 Å². The third-order valence-electron chi connectivity index (χ3n) is 3.28. The smallest absolute Gasteiger partial charge is 0.247 e. The molecule has 0 aliphatic heterocycles. The number of aromatic amines is 1. The molecule has 3 N–H and O–H groups in total. The fourth-order valence-electron chi connectivity index (χ4n) is 2.20. The van der Waals surface area contributed by atoms with Crippen molar-refractivity contribution in [3.8, 4) is 22.4 Å². The molecule has 0 unspecified atom stereocenters. The highest BCUT2D eigenvalue weighted by Gasteiger charge is 2.17. The maximum Gasteiger partial charge on any atom is 0.247 e. The van der Waals surface area contributed by atoms with Gasteiger partial charge < -0.3 is 10.7 Å². The maximum absolute atomic E-state index is 11.2. The van der Waals surface area contributed by atoms with Gasteiger partial charge in [-0.25, -0.2) is 0 Å². The number of pyridine rings is 1. The molecule has 21 heavy (non-hydrogen) atoms. The Morgan fingerprint density at radius 1 is 1.14 bits per heavy atom. The molecule has 0 atom stereocenters. The van der Waals surface area contributed by atoms with Crippen LogP contribution in [0, 0.1) is 0 Å². The number of nitrogens with zero attached hydrogens (tertiary/aromatic N) is 2. The van der Waals surface area contributed by atoms with Gasteiger partial charge in [0.2, 0.25) is 5.56 Å². The molecule has 0 fully saturated rings. The minimum atomic E-state index is -0.157.